The molecule has 1 aliphatic heterocycles. The fourth-order valence-corrected chi connectivity index (χ4v) is 3.17. The maximum atomic E-state index is 13.1. The number of aryl methyl sites for hydroxylation is 1. The van der Waals surface area contributed by atoms with Gasteiger partial charge in [0, 0.05) is 38.3 Å². The number of amides is 1. The maximum absolute atomic E-state index is 13.1. The Bertz CT molecular complexity index is 722. The van der Waals surface area contributed by atoms with Crippen LogP contribution in [0.3, 0.4) is 0 Å². The van der Waals surface area contributed by atoms with Crippen LogP contribution in [0.25, 0.3) is 0 Å². The Balaban J connectivity index is 1.71. The Labute approximate surface area is 161 Å². The summed E-state index contributed by atoms with van der Waals surface area (Å²) in [6, 6.07) is 15.7. The lowest BCUT2D eigenvalue weighted by atomic mass is 10.1. The molecule has 1 amide bonds. The number of morpholine rings is 1. The molecule has 5 heteroatoms. The predicted octanol–water partition coefficient (Wildman–Crippen LogP) is 2.98. The number of ether oxygens (including phenoxy) is 2. The van der Waals surface area contributed by atoms with Crippen LogP contribution in [-0.2, 0) is 11.3 Å². The van der Waals surface area contributed by atoms with Crippen molar-refractivity contribution in [2.45, 2.75) is 13.5 Å². The second-order valence-corrected chi connectivity index (χ2v) is 6.89. The van der Waals surface area contributed by atoms with Gasteiger partial charge in [0.05, 0.1) is 20.3 Å². The summed E-state index contributed by atoms with van der Waals surface area (Å²) in [5.41, 5.74) is 2.98. The summed E-state index contributed by atoms with van der Waals surface area (Å²) in [6.45, 7) is 7.55. The van der Waals surface area contributed by atoms with Gasteiger partial charge in [0.2, 0.25) is 0 Å². The zero-order chi connectivity index (χ0) is 19.1. The number of carbonyl (C=O) groups is 1. The maximum Gasteiger partial charge on any atom is 0.254 e. The van der Waals surface area contributed by atoms with E-state index in [0.29, 0.717) is 13.1 Å². The first-order valence-corrected chi connectivity index (χ1v) is 9.44. The number of hydrogen-bond acceptors (Lipinski definition) is 4. The molecule has 0 spiro atoms. The Hall–Kier alpha value is -2.37. The highest BCUT2D eigenvalue weighted by Crippen LogP contribution is 2.15. The van der Waals surface area contributed by atoms with Gasteiger partial charge in [0.1, 0.15) is 5.75 Å². The van der Waals surface area contributed by atoms with Crippen molar-refractivity contribution in [1.29, 1.82) is 0 Å². The molecule has 0 aliphatic carbocycles. The van der Waals surface area contributed by atoms with Gasteiger partial charge in [-0.3, -0.25) is 9.69 Å². The van der Waals surface area contributed by atoms with E-state index in [2.05, 4.69) is 4.90 Å². The molecular weight excluding hydrogens is 340 g/mol. The van der Waals surface area contributed by atoms with E-state index in [1.54, 1.807) is 7.11 Å². The highest BCUT2D eigenvalue weighted by Gasteiger charge is 2.18. The molecule has 2 aromatic rings. The molecule has 0 N–H and O–H groups in total. The summed E-state index contributed by atoms with van der Waals surface area (Å²) in [6.07, 6.45) is 0. The van der Waals surface area contributed by atoms with Crippen molar-refractivity contribution in [3.05, 3.63) is 65.2 Å². The highest BCUT2D eigenvalue weighted by atomic mass is 16.5. The van der Waals surface area contributed by atoms with Gasteiger partial charge in [-0.2, -0.15) is 0 Å². The molecule has 144 valence electrons. The molecule has 0 saturated carbocycles. The summed E-state index contributed by atoms with van der Waals surface area (Å²) in [7, 11) is 1.66. The van der Waals surface area contributed by atoms with Crippen molar-refractivity contribution in [3.8, 4) is 5.75 Å². The third kappa shape index (κ3) is 5.55. The van der Waals surface area contributed by atoms with E-state index in [1.165, 1.54) is 0 Å². The molecule has 27 heavy (non-hydrogen) atoms. The number of benzene rings is 2. The molecule has 1 fully saturated rings. The summed E-state index contributed by atoms with van der Waals surface area (Å²) < 4.78 is 10.6. The largest absolute Gasteiger partial charge is 0.497 e. The standard InChI is InChI=1S/C22H28N2O3/c1-18-3-7-20(8-4-18)22(25)24(12-11-23-13-15-27-16-14-23)17-19-5-9-21(26-2)10-6-19/h3-10H,11-17H2,1-2H3. The van der Waals surface area contributed by atoms with Gasteiger partial charge in [-0.25, -0.2) is 0 Å². The van der Waals surface area contributed by atoms with Crippen LogP contribution in [0, 0.1) is 6.92 Å². The van der Waals surface area contributed by atoms with Gasteiger partial charge >= 0.3 is 0 Å². The van der Waals surface area contributed by atoms with Crippen LogP contribution in [-0.4, -0.2) is 62.2 Å². The second-order valence-electron chi connectivity index (χ2n) is 6.89. The van der Waals surface area contributed by atoms with Crippen molar-refractivity contribution in [2.75, 3.05) is 46.5 Å². The highest BCUT2D eigenvalue weighted by molar-refractivity contribution is 5.94. The van der Waals surface area contributed by atoms with Crippen LogP contribution in [0.5, 0.6) is 5.75 Å². The summed E-state index contributed by atoms with van der Waals surface area (Å²) >= 11 is 0. The molecule has 1 heterocycles. The van der Waals surface area contributed by atoms with Crippen LogP contribution in [0.1, 0.15) is 21.5 Å². The van der Waals surface area contributed by atoms with Crippen LogP contribution in [0.15, 0.2) is 48.5 Å². The normalized spacial score (nSPS) is 14.7. The summed E-state index contributed by atoms with van der Waals surface area (Å²) in [5.74, 6) is 0.891. The molecule has 3 rings (SSSR count). The number of rotatable bonds is 7. The molecular formula is C22H28N2O3. The van der Waals surface area contributed by atoms with Gasteiger partial charge in [0.15, 0.2) is 0 Å². The number of nitrogens with zero attached hydrogens (tertiary/aromatic N) is 2. The Morgan fingerprint density at radius 2 is 1.74 bits per heavy atom. The van der Waals surface area contributed by atoms with Gasteiger partial charge in [-0.05, 0) is 36.8 Å². The summed E-state index contributed by atoms with van der Waals surface area (Å²) in [4.78, 5) is 17.4. The molecule has 0 unspecified atom stereocenters. The number of hydrogen-bond donors (Lipinski definition) is 0. The zero-order valence-corrected chi connectivity index (χ0v) is 16.2. The lowest BCUT2D eigenvalue weighted by molar-refractivity contribution is 0.0320. The van der Waals surface area contributed by atoms with E-state index in [9.17, 15) is 4.79 Å². The van der Waals surface area contributed by atoms with Crippen molar-refractivity contribution in [1.82, 2.24) is 9.80 Å². The molecule has 0 bridgehead atoms. The molecule has 0 aromatic heterocycles. The SMILES string of the molecule is COc1ccc(CN(CCN2CCOCC2)C(=O)c2ccc(C)cc2)cc1. The monoisotopic (exact) mass is 368 g/mol. The van der Waals surface area contributed by atoms with Crippen molar-refractivity contribution in [2.24, 2.45) is 0 Å². The van der Waals surface area contributed by atoms with Crippen LogP contribution >= 0.6 is 0 Å². The third-order valence-electron chi connectivity index (χ3n) is 4.91. The average Bonchev–Trinajstić information content (AvgIpc) is 2.72. The van der Waals surface area contributed by atoms with E-state index in [4.69, 9.17) is 9.47 Å². The quantitative estimate of drug-likeness (QED) is 0.754. The second kappa shape index (κ2) is 9.53. The fraction of sp³-hybridized carbons (Fsp3) is 0.409. The minimum Gasteiger partial charge on any atom is -0.497 e. The topological polar surface area (TPSA) is 42.0 Å². The van der Waals surface area contributed by atoms with Gasteiger partial charge in [-0.15, -0.1) is 0 Å². The Morgan fingerprint density at radius 3 is 2.37 bits per heavy atom. The molecule has 5 nitrogen and oxygen atoms in total. The minimum absolute atomic E-state index is 0.0686. The minimum atomic E-state index is 0.0686. The van der Waals surface area contributed by atoms with E-state index < -0.39 is 0 Å². The van der Waals surface area contributed by atoms with E-state index >= 15 is 0 Å². The lowest BCUT2D eigenvalue weighted by Crippen LogP contribution is -2.42. The molecule has 0 radical (unpaired) electrons. The van der Waals surface area contributed by atoms with E-state index in [-0.39, 0.29) is 5.91 Å². The van der Waals surface area contributed by atoms with Crippen molar-refractivity contribution >= 4 is 5.91 Å². The van der Waals surface area contributed by atoms with Crippen LogP contribution < -0.4 is 4.74 Å². The van der Waals surface area contributed by atoms with Crippen molar-refractivity contribution in [3.63, 3.8) is 0 Å². The van der Waals surface area contributed by atoms with Gasteiger partial charge < -0.3 is 14.4 Å². The first-order valence-electron chi connectivity index (χ1n) is 9.44. The molecule has 1 aliphatic rings. The summed E-state index contributed by atoms with van der Waals surface area (Å²) in [5, 5.41) is 0. The zero-order valence-electron chi connectivity index (χ0n) is 16.2. The fourth-order valence-electron chi connectivity index (χ4n) is 3.17. The van der Waals surface area contributed by atoms with Crippen LogP contribution in [0.4, 0.5) is 0 Å². The molecule has 2 aromatic carbocycles. The van der Waals surface area contributed by atoms with Crippen LogP contribution in [0.2, 0.25) is 0 Å². The lowest BCUT2D eigenvalue weighted by Gasteiger charge is -2.30. The third-order valence-corrected chi connectivity index (χ3v) is 4.91. The Kier molecular flexibility index (Phi) is 6.85. The predicted molar refractivity (Wildman–Crippen MR) is 106 cm³/mol. The van der Waals surface area contributed by atoms with Gasteiger partial charge in [-0.1, -0.05) is 29.8 Å². The van der Waals surface area contributed by atoms with E-state index in [0.717, 1.165) is 55.3 Å². The first kappa shape index (κ1) is 19.4. The number of methoxy groups -OCH3 is 1. The molecule has 0 atom stereocenters. The Morgan fingerprint density at radius 1 is 1.07 bits per heavy atom. The smallest absolute Gasteiger partial charge is 0.254 e. The average molecular weight is 368 g/mol. The van der Waals surface area contributed by atoms with Gasteiger partial charge in [0.25, 0.3) is 5.91 Å². The molecule has 1 saturated heterocycles. The first-order chi connectivity index (χ1) is 13.2. The van der Waals surface area contributed by atoms with E-state index in [1.807, 2.05) is 60.4 Å². The van der Waals surface area contributed by atoms with Crippen molar-refractivity contribution < 1.29 is 14.3 Å². The number of carbonyl (C=O) groups excluding carboxylic acids is 1.